The molecule has 0 radical (unpaired) electrons. The van der Waals surface area contributed by atoms with Crippen LogP contribution in [0.2, 0.25) is 0 Å². The molecule has 7 heteroatoms. The Morgan fingerprint density at radius 3 is 2.37 bits per heavy atom. The highest BCUT2D eigenvalue weighted by Gasteiger charge is 2.34. The quantitative estimate of drug-likeness (QED) is 0.857. The van der Waals surface area contributed by atoms with E-state index in [1.807, 2.05) is 56.3 Å². The maximum Gasteiger partial charge on any atom is 0.245 e. The van der Waals surface area contributed by atoms with Crippen LogP contribution in [0, 0.1) is 5.92 Å². The fraction of sp³-hybridized carbons (Fsp3) is 0.300. The fourth-order valence-electron chi connectivity index (χ4n) is 3.10. The number of hydrazone groups is 1. The largest absolute Gasteiger partial charge is 0.283 e. The predicted molar refractivity (Wildman–Crippen MR) is 107 cm³/mol. The second-order valence-corrected chi connectivity index (χ2v) is 8.68. The topological polar surface area (TPSA) is 78.8 Å². The molecular weight excluding hydrogens is 362 g/mol. The molecule has 0 spiro atoms. The Morgan fingerprint density at radius 2 is 1.74 bits per heavy atom. The summed E-state index contributed by atoms with van der Waals surface area (Å²) in [5.41, 5.74) is 2.83. The van der Waals surface area contributed by atoms with Crippen molar-refractivity contribution in [2.45, 2.75) is 26.3 Å². The zero-order chi connectivity index (χ0) is 19.6. The first-order chi connectivity index (χ1) is 12.8. The van der Waals surface area contributed by atoms with Crippen molar-refractivity contribution in [3.8, 4) is 0 Å². The Labute approximate surface area is 159 Å². The molecule has 1 atom stereocenters. The highest BCUT2D eigenvalue weighted by atomic mass is 32.2. The molecule has 0 fully saturated rings. The molecule has 2 aromatic carbocycles. The van der Waals surface area contributed by atoms with E-state index in [9.17, 15) is 13.2 Å². The number of amides is 1. The molecule has 0 aliphatic carbocycles. The van der Waals surface area contributed by atoms with Crippen LogP contribution in [0.25, 0.3) is 0 Å². The molecule has 0 unspecified atom stereocenters. The van der Waals surface area contributed by atoms with Crippen molar-refractivity contribution in [1.29, 1.82) is 0 Å². The number of nitrogens with one attached hydrogen (secondary N) is 1. The smallest absolute Gasteiger partial charge is 0.245 e. The van der Waals surface area contributed by atoms with Gasteiger partial charge in [-0.2, -0.15) is 5.10 Å². The van der Waals surface area contributed by atoms with E-state index in [4.69, 9.17) is 0 Å². The number of sulfonamides is 1. The normalized spacial score (nSPS) is 17.1. The van der Waals surface area contributed by atoms with Crippen LogP contribution in [-0.2, 0) is 14.8 Å². The van der Waals surface area contributed by atoms with Gasteiger partial charge < -0.3 is 0 Å². The Bertz CT molecular complexity index is 969. The lowest BCUT2D eigenvalue weighted by molar-refractivity contribution is -0.136. The minimum absolute atomic E-state index is 0.0626. The SMILES string of the molecule is CC(C)C(=O)N1N=C(c2ccccc2NS(C)(=O)=O)C[C@@H]1c1ccccc1. The van der Waals surface area contributed by atoms with Crippen LogP contribution in [-0.4, -0.2) is 31.3 Å². The van der Waals surface area contributed by atoms with Gasteiger partial charge in [-0.25, -0.2) is 13.4 Å². The van der Waals surface area contributed by atoms with Crippen LogP contribution in [0.15, 0.2) is 59.7 Å². The van der Waals surface area contributed by atoms with Crippen molar-refractivity contribution in [1.82, 2.24) is 5.01 Å². The summed E-state index contributed by atoms with van der Waals surface area (Å²) in [4.78, 5) is 12.7. The first-order valence-corrected chi connectivity index (χ1v) is 10.7. The van der Waals surface area contributed by atoms with Gasteiger partial charge in [0.05, 0.1) is 23.7 Å². The monoisotopic (exact) mass is 385 g/mol. The van der Waals surface area contributed by atoms with Crippen molar-refractivity contribution in [3.05, 3.63) is 65.7 Å². The Hall–Kier alpha value is -2.67. The second kappa shape index (κ2) is 7.52. The zero-order valence-electron chi connectivity index (χ0n) is 15.6. The molecular formula is C20H23N3O3S. The minimum atomic E-state index is -3.42. The number of anilines is 1. The molecule has 1 amide bonds. The van der Waals surface area contributed by atoms with Crippen molar-refractivity contribution in [2.75, 3.05) is 11.0 Å². The number of para-hydroxylation sites is 1. The number of carbonyl (C=O) groups excluding carboxylic acids is 1. The van der Waals surface area contributed by atoms with E-state index in [-0.39, 0.29) is 17.9 Å². The van der Waals surface area contributed by atoms with Gasteiger partial charge in [0.25, 0.3) is 0 Å². The molecule has 6 nitrogen and oxygen atoms in total. The first kappa shape index (κ1) is 19.1. The summed E-state index contributed by atoms with van der Waals surface area (Å²) in [6, 6.07) is 16.7. The van der Waals surface area contributed by atoms with Gasteiger partial charge >= 0.3 is 0 Å². The molecule has 3 rings (SSSR count). The van der Waals surface area contributed by atoms with Gasteiger partial charge in [-0.15, -0.1) is 0 Å². The fourth-order valence-corrected chi connectivity index (χ4v) is 3.68. The number of rotatable bonds is 5. The van der Waals surface area contributed by atoms with Gasteiger partial charge in [0.1, 0.15) is 0 Å². The summed E-state index contributed by atoms with van der Waals surface area (Å²) in [7, 11) is -3.42. The Balaban J connectivity index is 2.02. The summed E-state index contributed by atoms with van der Waals surface area (Å²) in [5.74, 6) is -0.254. The number of hydrogen-bond acceptors (Lipinski definition) is 4. The highest BCUT2D eigenvalue weighted by molar-refractivity contribution is 7.92. The van der Waals surface area contributed by atoms with Crippen LogP contribution in [0.5, 0.6) is 0 Å². The molecule has 0 bridgehead atoms. The van der Waals surface area contributed by atoms with Gasteiger partial charge in [0.15, 0.2) is 0 Å². The lowest BCUT2D eigenvalue weighted by Crippen LogP contribution is -2.30. The number of benzene rings is 2. The van der Waals surface area contributed by atoms with E-state index in [1.165, 1.54) is 5.01 Å². The molecule has 0 aromatic heterocycles. The maximum absolute atomic E-state index is 12.7. The summed E-state index contributed by atoms with van der Waals surface area (Å²) < 4.78 is 25.9. The van der Waals surface area contributed by atoms with Crippen molar-refractivity contribution >= 4 is 27.3 Å². The van der Waals surface area contributed by atoms with Crippen LogP contribution >= 0.6 is 0 Å². The van der Waals surface area contributed by atoms with E-state index in [2.05, 4.69) is 9.82 Å². The number of carbonyl (C=O) groups is 1. The van der Waals surface area contributed by atoms with E-state index in [0.717, 1.165) is 11.8 Å². The average molecular weight is 385 g/mol. The van der Waals surface area contributed by atoms with Crippen molar-refractivity contribution < 1.29 is 13.2 Å². The molecule has 0 saturated carbocycles. The van der Waals surface area contributed by atoms with E-state index < -0.39 is 10.0 Å². The summed E-state index contributed by atoms with van der Waals surface area (Å²) in [6.45, 7) is 3.69. The minimum Gasteiger partial charge on any atom is -0.283 e. The molecule has 1 heterocycles. The third kappa shape index (κ3) is 4.36. The van der Waals surface area contributed by atoms with Gasteiger partial charge in [-0.1, -0.05) is 62.4 Å². The first-order valence-electron chi connectivity index (χ1n) is 8.79. The predicted octanol–water partition coefficient (Wildman–Crippen LogP) is 3.39. The summed E-state index contributed by atoms with van der Waals surface area (Å²) in [5, 5.41) is 6.13. The molecule has 27 heavy (non-hydrogen) atoms. The van der Waals surface area contributed by atoms with E-state index in [0.29, 0.717) is 23.4 Å². The van der Waals surface area contributed by atoms with Crippen LogP contribution in [0.3, 0.4) is 0 Å². The summed E-state index contributed by atoms with van der Waals surface area (Å²) >= 11 is 0. The van der Waals surface area contributed by atoms with E-state index >= 15 is 0 Å². The molecule has 0 saturated heterocycles. The van der Waals surface area contributed by atoms with Gasteiger partial charge in [0.2, 0.25) is 15.9 Å². The Morgan fingerprint density at radius 1 is 1.11 bits per heavy atom. The standard InChI is InChI=1S/C20H23N3O3S/c1-14(2)20(24)23-19(15-9-5-4-6-10-15)13-18(21-23)16-11-7-8-12-17(16)22-27(3,25)26/h4-12,14,19,22H,13H2,1-3H3/t19-/m1/s1. The van der Waals surface area contributed by atoms with Gasteiger partial charge in [-0.3, -0.25) is 9.52 Å². The number of nitrogens with zero attached hydrogens (tertiary/aromatic N) is 2. The molecule has 1 aliphatic heterocycles. The Kier molecular flexibility index (Phi) is 5.32. The molecule has 1 aliphatic rings. The third-order valence-corrected chi connectivity index (χ3v) is 4.94. The zero-order valence-corrected chi connectivity index (χ0v) is 16.4. The molecule has 142 valence electrons. The van der Waals surface area contributed by atoms with Gasteiger partial charge in [0, 0.05) is 17.9 Å². The lowest BCUT2D eigenvalue weighted by Gasteiger charge is -2.23. The van der Waals surface area contributed by atoms with E-state index in [1.54, 1.807) is 12.1 Å². The summed E-state index contributed by atoms with van der Waals surface area (Å²) in [6.07, 6.45) is 1.63. The highest BCUT2D eigenvalue weighted by Crippen LogP contribution is 2.35. The second-order valence-electron chi connectivity index (χ2n) is 6.93. The van der Waals surface area contributed by atoms with Crippen molar-refractivity contribution in [2.24, 2.45) is 11.0 Å². The number of hydrogen-bond donors (Lipinski definition) is 1. The third-order valence-electron chi connectivity index (χ3n) is 4.35. The maximum atomic E-state index is 12.7. The molecule has 2 aromatic rings. The van der Waals surface area contributed by atoms with Crippen LogP contribution in [0.1, 0.15) is 37.4 Å². The van der Waals surface area contributed by atoms with Crippen LogP contribution in [0.4, 0.5) is 5.69 Å². The van der Waals surface area contributed by atoms with Crippen LogP contribution < -0.4 is 4.72 Å². The van der Waals surface area contributed by atoms with Crippen molar-refractivity contribution in [3.63, 3.8) is 0 Å². The average Bonchev–Trinajstić information content (AvgIpc) is 3.06. The molecule has 1 N–H and O–H groups in total. The van der Waals surface area contributed by atoms with Gasteiger partial charge in [-0.05, 0) is 11.6 Å². The lowest BCUT2D eigenvalue weighted by atomic mass is 9.97.